The van der Waals surface area contributed by atoms with E-state index in [-0.39, 0.29) is 23.0 Å². The molecule has 4 nitrogen and oxygen atoms in total. The number of ether oxygens (including phenoxy) is 1. The number of nitrogens with one attached hydrogen (secondary N) is 1. The van der Waals surface area contributed by atoms with Crippen molar-refractivity contribution < 1.29 is 14.3 Å². The summed E-state index contributed by atoms with van der Waals surface area (Å²) in [5, 5.41) is 3.62. The van der Waals surface area contributed by atoms with Gasteiger partial charge in [0.05, 0.1) is 12.9 Å². The minimum absolute atomic E-state index is 0.0209. The monoisotopic (exact) mass is 343 g/mol. The van der Waals surface area contributed by atoms with Gasteiger partial charge in [-0.2, -0.15) is 0 Å². The zero-order chi connectivity index (χ0) is 16.6. The Morgan fingerprint density at radius 2 is 2.09 bits per heavy atom. The number of thioether (sulfide) groups is 1. The standard InChI is InChI=1S/C16H22ClNO3S/c1-16(2,12-5-4-6-13(17)9-12)11-18-14(19)7-8-22-10-15(20)21-3/h4-6,9H,7-8,10-11H2,1-3H3,(H,18,19). The summed E-state index contributed by atoms with van der Waals surface area (Å²) in [6.45, 7) is 4.66. The summed E-state index contributed by atoms with van der Waals surface area (Å²) < 4.78 is 4.54. The molecular formula is C16H22ClNO3S. The van der Waals surface area contributed by atoms with Crippen molar-refractivity contribution >= 4 is 35.2 Å². The molecule has 1 rings (SSSR count). The van der Waals surface area contributed by atoms with E-state index in [0.29, 0.717) is 23.7 Å². The van der Waals surface area contributed by atoms with Crippen LogP contribution in [0.5, 0.6) is 0 Å². The van der Waals surface area contributed by atoms with Gasteiger partial charge in [0, 0.05) is 29.2 Å². The Kier molecular flexibility index (Phi) is 7.76. The first kappa shape index (κ1) is 18.8. The highest BCUT2D eigenvalue weighted by Crippen LogP contribution is 2.24. The lowest BCUT2D eigenvalue weighted by atomic mass is 9.84. The van der Waals surface area contributed by atoms with E-state index in [1.807, 2.05) is 24.3 Å². The fraction of sp³-hybridized carbons (Fsp3) is 0.500. The van der Waals surface area contributed by atoms with Crippen molar-refractivity contribution in [1.29, 1.82) is 0 Å². The first-order valence-corrected chi connectivity index (χ1v) is 8.56. The highest BCUT2D eigenvalue weighted by Gasteiger charge is 2.21. The van der Waals surface area contributed by atoms with Crippen molar-refractivity contribution in [3.63, 3.8) is 0 Å². The third-order valence-corrected chi connectivity index (χ3v) is 4.42. The molecule has 0 aliphatic rings. The molecule has 1 N–H and O–H groups in total. The quantitative estimate of drug-likeness (QED) is 0.582. The van der Waals surface area contributed by atoms with Crippen LogP contribution in [0.3, 0.4) is 0 Å². The first-order chi connectivity index (χ1) is 10.3. The molecule has 1 amide bonds. The summed E-state index contributed by atoms with van der Waals surface area (Å²) in [6.07, 6.45) is 0.382. The predicted octanol–water partition coefficient (Wildman–Crippen LogP) is 3.03. The van der Waals surface area contributed by atoms with Crippen molar-refractivity contribution in [2.45, 2.75) is 25.7 Å². The number of esters is 1. The van der Waals surface area contributed by atoms with Gasteiger partial charge in [0.2, 0.25) is 5.91 Å². The van der Waals surface area contributed by atoms with Crippen LogP contribution >= 0.6 is 23.4 Å². The van der Waals surface area contributed by atoms with Crippen LogP contribution in [0.1, 0.15) is 25.8 Å². The molecule has 1 aromatic carbocycles. The zero-order valence-electron chi connectivity index (χ0n) is 13.1. The van der Waals surface area contributed by atoms with Gasteiger partial charge in [-0.1, -0.05) is 37.6 Å². The normalized spacial score (nSPS) is 11.1. The number of rotatable bonds is 8. The van der Waals surface area contributed by atoms with Gasteiger partial charge < -0.3 is 10.1 Å². The van der Waals surface area contributed by atoms with Gasteiger partial charge in [0.15, 0.2) is 0 Å². The molecule has 0 fully saturated rings. The molecule has 0 radical (unpaired) electrons. The third-order valence-electron chi connectivity index (χ3n) is 3.25. The van der Waals surface area contributed by atoms with E-state index in [4.69, 9.17) is 11.6 Å². The smallest absolute Gasteiger partial charge is 0.315 e. The average Bonchev–Trinajstić information content (AvgIpc) is 2.49. The van der Waals surface area contributed by atoms with E-state index in [1.54, 1.807) is 0 Å². The van der Waals surface area contributed by atoms with Crippen molar-refractivity contribution in [1.82, 2.24) is 5.32 Å². The van der Waals surface area contributed by atoms with E-state index < -0.39 is 0 Å². The van der Waals surface area contributed by atoms with Crippen LogP contribution < -0.4 is 5.32 Å². The van der Waals surface area contributed by atoms with Crippen LogP contribution in [0, 0.1) is 0 Å². The molecule has 0 aliphatic heterocycles. The van der Waals surface area contributed by atoms with Gasteiger partial charge in [-0.3, -0.25) is 9.59 Å². The van der Waals surface area contributed by atoms with Crippen LogP contribution in [0.15, 0.2) is 24.3 Å². The number of methoxy groups -OCH3 is 1. The zero-order valence-corrected chi connectivity index (χ0v) is 14.7. The van der Waals surface area contributed by atoms with E-state index in [9.17, 15) is 9.59 Å². The molecule has 22 heavy (non-hydrogen) atoms. The summed E-state index contributed by atoms with van der Waals surface area (Å²) >= 11 is 7.40. The summed E-state index contributed by atoms with van der Waals surface area (Å²) in [4.78, 5) is 22.8. The van der Waals surface area contributed by atoms with Gasteiger partial charge >= 0.3 is 5.97 Å². The lowest BCUT2D eigenvalue weighted by Crippen LogP contribution is -2.36. The third kappa shape index (κ3) is 6.71. The SMILES string of the molecule is COC(=O)CSCCC(=O)NCC(C)(C)c1cccc(Cl)c1. The Morgan fingerprint density at radius 1 is 1.36 bits per heavy atom. The number of carbonyl (C=O) groups is 2. The molecule has 6 heteroatoms. The van der Waals surface area contributed by atoms with Gasteiger partial charge in [-0.15, -0.1) is 11.8 Å². The molecule has 0 saturated heterocycles. The number of carbonyl (C=O) groups excluding carboxylic acids is 2. The molecule has 1 aromatic rings. The maximum atomic E-state index is 11.8. The number of amides is 1. The number of benzene rings is 1. The number of halogens is 1. The van der Waals surface area contributed by atoms with E-state index in [1.165, 1.54) is 18.9 Å². The molecule has 122 valence electrons. The van der Waals surface area contributed by atoms with Crippen molar-refractivity contribution in [2.24, 2.45) is 0 Å². The van der Waals surface area contributed by atoms with Gasteiger partial charge in [-0.05, 0) is 17.7 Å². The highest BCUT2D eigenvalue weighted by molar-refractivity contribution is 7.99. The Bertz CT molecular complexity index is 520. The second-order valence-electron chi connectivity index (χ2n) is 5.55. The summed E-state index contributed by atoms with van der Waals surface area (Å²) in [5.41, 5.74) is 0.889. The van der Waals surface area contributed by atoms with E-state index in [2.05, 4.69) is 23.9 Å². The minimum atomic E-state index is -0.271. The molecule has 0 heterocycles. The largest absolute Gasteiger partial charge is 0.468 e. The second kappa shape index (κ2) is 9.06. The van der Waals surface area contributed by atoms with Crippen LogP contribution in [0.2, 0.25) is 5.02 Å². The lowest BCUT2D eigenvalue weighted by Gasteiger charge is -2.26. The van der Waals surface area contributed by atoms with Crippen LogP contribution in [0.25, 0.3) is 0 Å². The Labute approximate surface area is 140 Å². The molecule has 0 saturated carbocycles. The summed E-state index contributed by atoms with van der Waals surface area (Å²) in [5.74, 6) is 0.580. The topological polar surface area (TPSA) is 55.4 Å². The maximum Gasteiger partial charge on any atom is 0.315 e. The Balaban J connectivity index is 2.35. The molecule has 0 spiro atoms. The Morgan fingerprint density at radius 3 is 2.73 bits per heavy atom. The summed E-state index contributed by atoms with van der Waals surface area (Å²) in [6, 6.07) is 7.66. The Hall–Kier alpha value is -1.20. The van der Waals surface area contributed by atoms with Crippen molar-refractivity contribution in [3.8, 4) is 0 Å². The van der Waals surface area contributed by atoms with Crippen molar-refractivity contribution in [2.75, 3.05) is 25.2 Å². The van der Waals surface area contributed by atoms with Gasteiger partial charge in [0.1, 0.15) is 0 Å². The molecule has 0 unspecified atom stereocenters. The highest BCUT2D eigenvalue weighted by atomic mass is 35.5. The van der Waals surface area contributed by atoms with Crippen LogP contribution in [0.4, 0.5) is 0 Å². The maximum absolute atomic E-state index is 11.8. The lowest BCUT2D eigenvalue weighted by molar-refractivity contribution is -0.137. The van der Waals surface area contributed by atoms with E-state index >= 15 is 0 Å². The number of hydrogen-bond acceptors (Lipinski definition) is 4. The molecule has 0 atom stereocenters. The predicted molar refractivity (Wildman–Crippen MR) is 91.4 cm³/mol. The van der Waals surface area contributed by atoms with Crippen LogP contribution in [-0.2, 0) is 19.7 Å². The first-order valence-electron chi connectivity index (χ1n) is 7.02. The molecule has 0 bridgehead atoms. The van der Waals surface area contributed by atoms with Crippen molar-refractivity contribution in [3.05, 3.63) is 34.9 Å². The van der Waals surface area contributed by atoms with Gasteiger partial charge in [0.25, 0.3) is 0 Å². The minimum Gasteiger partial charge on any atom is -0.468 e. The van der Waals surface area contributed by atoms with Gasteiger partial charge in [-0.25, -0.2) is 0 Å². The van der Waals surface area contributed by atoms with Crippen LogP contribution in [-0.4, -0.2) is 37.0 Å². The fourth-order valence-electron chi connectivity index (χ4n) is 1.80. The second-order valence-corrected chi connectivity index (χ2v) is 7.09. The molecule has 0 aromatic heterocycles. The van der Waals surface area contributed by atoms with E-state index in [0.717, 1.165) is 5.56 Å². The molecular weight excluding hydrogens is 322 g/mol. The fourth-order valence-corrected chi connectivity index (χ4v) is 2.75. The summed E-state index contributed by atoms with van der Waals surface area (Å²) in [7, 11) is 1.35. The number of hydrogen-bond donors (Lipinski definition) is 1. The molecule has 0 aliphatic carbocycles. The average molecular weight is 344 g/mol.